The first-order valence-electron chi connectivity index (χ1n) is 4.12. The van der Waals surface area contributed by atoms with Gasteiger partial charge in [-0.1, -0.05) is 6.07 Å². The molecule has 0 aliphatic heterocycles. The summed E-state index contributed by atoms with van der Waals surface area (Å²) in [5.74, 6) is 0. The molecule has 2 N–H and O–H groups in total. The summed E-state index contributed by atoms with van der Waals surface area (Å²) >= 11 is 3.37. The maximum absolute atomic E-state index is 5.48. The van der Waals surface area contributed by atoms with Crippen LogP contribution in [0.25, 0.3) is 5.52 Å². The highest BCUT2D eigenvalue weighted by atomic mass is 79.9. The summed E-state index contributed by atoms with van der Waals surface area (Å²) < 4.78 is 2.88. The van der Waals surface area contributed by atoms with Crippen LogP contribution in [-0.2, 0) is 6.42 Å². The predicted molar refractivity (Wildman–Crippen MR) is 55.7 cm³/mol. The first kappa shape index (κ1) is 8.72. The molecule has 4 heteroatoms. The minimum absolute atomic E-state index is 0.682. The van der Waals surface area contributed by atoms with Gasteiger partial charge in [0.15, 0.2) is 0 Å². The van der Waals surface area contributed by atoms with Crippen LogP contribution in [-0.4, -0.2) is 15.9 Å². The van der Waals surface area contributed by atoms with Crippen molar-refractivity contribution in [3.05, 3.63) is 34.8 Å². The number of pyridine rings is 1. The Bertz CT molecular complexity index is 422. The van der Waals surface area contributed by atoms with Crippen LogP contribution >= 0.6 is 15.9 Å². The van der Waals surface area contributed by atoms with Gasteiger partial charge in [0.25, 0.3) is 0 Å². The van der Waals surface area contributed by atoms with Gasteiger partial charge in [0.1, 0.15) is 10.9 Å². The zero-order valence-corrected chi connectivity index (χ0v) is 8.66. The van der Waals surface area contributed by atoms with E-state index in [-0.39, 0.29) is 0 Å². The molecule has 0 unspecified atom stereocenters. The fourth-order valence-electron chi connectivity index (χ4n) is 1.33. The molecule has 0 radical (unpaired) electrons. The van der Waals surface area contributed by atoms with Crippen LogP contribution in [0.15, 0.2) is 29.3 Å². The number of halogens is 1. The van der Waals surface area contributed by atoms with Gasteiger partial charge in [-0.3, -0.25) is 0 Å². The Labute approximate surface area is 84.7 Å². The van der Waals surface area contributed by atoms with Gasteiger partial charge >= 0.3 is 0 Å². The summed E-state index contributed by atoms with van der Waals surface area (Å²) in [6, 6.07) is 4.12. The van der Waals surface area contributed by atoms with Crippen molar-refractivity contribution in [2.75, 3.05) is 6.54 Å². The van der Waals surface area contributed by atoms with E-state index < -0.39 is 0 Å². The third-order valence-electron chi connectivity index (χ3n) is 1.98. The van der Waals surface area contributed by atoms with Crippen LogP contribution < -0.4 is 5.73 Å². The van der Waals surface area contributed by atoms with Gasteiger partial charge in [-0.15, -0.1) is 0 Å². The molecular weight excluding hydrogens is 230 g/mol. The van der Waals surface area contributed by atoms with E-state index in [9.17, 15) is 0 Å². The summed E-state index contributed by atoms with van der Waals surface area (Å²) in [6.45, 7) is 0.682. The van der Waals surface area contributed by atoms with Crippen LogP contribution in [0.5, 0.6) is 0 Å². The van der Waals surface area contributed by atoms with Crippen molar-refractivity contribution in [3.8, 4) is 0 Å². The fourth-order valence-corrected chi connectivity index (χ4v) is 1.76. The molecular formula is C9H10BrN3. The van der Waals surface area contributed by atoms with Gasteiger partial charge in [0.2, 0.25) is 0 Å². The summed E-state index contributed by atoms with van der Waals surface area (Å²) in [5.41, 5.74) is 7.80. The topological polar surface area (TPSA) is 43.3 Å². The predicted octanol–water partition coefficient (Wildman–Crippen LogP) is 1.60. The molecule has 0 amide bonds. The van der Waals surface area contributed by atoms with Crippen molar-refractivity contribution in [1.82, 2.24) is 9.38 Å². The molecule has 0 saturated heterocycles. The lowest BCUT2D eigenvalue weighted by atomic mass is 10.2. The second kappa shape index (κ2) is 3.47. The van der Waals surface area contributed by atoms with Gasteiger partial charge in [-0.25, -0.2) is 4.98 Å². The number of fused-ring (bicyclic) bond motifs is 1. The molecule has 0 aliphatic rings. The molecule has 3 nitrogen and oxygen atoms in total. The van der Waals surface area contributed by atoms with Crippen LogP contribution in [0.2, 0.25) is 0 Å². The van der Waals surface area contributed by atoms with Crippen LogP contribution in [0.1, 0.15) is 5.56 Å². The van der Waals surface area contributed by atoms with Crippen LogP contribution in [0.4, 0.5) is 0 Å². The van der Waals surface area contributed by atoms with Crippen LogP contribution in [0.3, 0.4) is 0 Å². The summed E-state index contributed by atoms with van der Waals surface area (Å²) in [7, 11) is 0. The van der Waals surface area contributed by atoms with E-state index in [4.69, 9.17) is 5.73 Å². The summed E-state index contributed by atoms with van der Waals surface area (Å²) in [6.07, 6.45) is 4.76. The van der Waals surface area contributed by atoms with Crippen LogP contribution in [0, 0.1) is 0 Å². The third-order valence-corrected chi connectivity index (χ3v) is 2.59. The normalized spacial score (nSPS) is 10.9. The second-order valence-corrected chi connectivity index (χ2v) is 3.66. The van der Waals surface area contributed by atoms with E-state index in [1.54, 1.807) is 6.33 Å². The number of nitrogens with zero attached hydrogens (tertiary/aromatic N) is 2. The average Bonchev–Trinajstić information content (AvgIpc) is 2.48. The monoisotopic (exact) mass is 239 g/mol. The number of rotatable bonds is 2. The number of hydrogen-bond donors (Lipinski definition) is 1. The van der Waals surface area contributed by atoms with Crippen molar-refractivity contribution in [3.63, 3.8) is 0 Å². The lowest BCUT2D eigenvalue weighted by molar-refractivity contribution is 0.951. The Balaban J connectivity index is 2.50. The van der Waals surface area contributed by atoms with Crippen molar-refractivity contribution in [1.29, 1.82) is 0 Å². The lowest BCUT2D eigenvalue weighted by Crippen LogP contribution is -2.03. The molecule has 0 aliphatic carbocycles. The third kappa shape index (κ3) is 1.59. The number of hydrogen-bond acceptors (Lipinski definition) is 2. The minimum atomic E-state index is 0.682. The molecule has 0 atom stereocenters. The van der Waals surface area contributed by atoms with Crippen molar-refractivity contribution < 1.29 is 0 Å². The molecule has 13 heavy (non-hydrogen) atoms. The Kier molecular flexibility index (Phi) is 2.33. The Morgan fingerprint density at radius 1 is 1.46 bits per heavy atom. The Morgan fingerprint density at radius 3 is 3.08 bits per heavy atom. The fraction of sp³-hybridized carbons (Fsp3) is 0.222. The molecule has 0 aromatic carbocycles. The van der Waals surface area contributed by atoms with Gasteiger partial charge in [-0.2, -0.15) is 0 Å². The molecule has 0 fully saturated rings. The number of imidazole rings is 1. The molecule has 2 aromatic heterocycles. The van der Waals surface area contributed by atoms with E-state index >= 15 is 0 Å². The molecule has 68 valence electrons. The van der Waals surface area contributed by atoms with E-state index in [2.05, 4.69) is 33.2 Å². The number of aromatic nitrogens is 2. The van der Waals surface area contributed by atoms with E-state index in [0.717, 1.165) is 16.5 Å². The Hall–Kier alpha value is -0.870. The lowest BCUT2D eigenvalue weighted by Gasteiger charge is -1.99. The minimum Gasteiger partial charge on any atom is -0.330 e. The second-order valence-electron chi connectivity index (χ2n) is 2.90. The summed E-state index contributed by atoms with van der Waals surface area (Å²) in [4.78, 5) is 4.15. The van der Waals surface area contributed by atoms with Crippen molar-refractivity contribution in [2.45, 2.75) is 6.42 Å². The summed E-state index contributed by atoms with van der Waals surface area (Å²) in [5, 5.41) is 0. The van der Waals surface area contributed by atoms with E-state index in [1.165, 1.54) is 5.56 Å². The molecule has 2 aromatic rings. The van der Waals surface area contributed by atoms with Gasteiger partial charge in [0.05, 0.1) is 5.52 Å². The maximum Gasteiger partial charge on any atom is 0.131 e. The molecule has 0 bridgehead atoms. The highest BCUT2D eigenvalue weighted by Gasteiger charge is 2.00. The Morgan fingerprint density at radius 2 is 2.31 bits per heavy atom. The van der Waals surface area contributed by atoms with Gasteiger partial charge in [-0.05, 0) is 40.5 Å². The maximum atomic E-state index is 5.48. The highest BCUT2D eigenvalue weighted by Crippen LogP contribution is 2.16. The zero-order chi connectivity index (χ0) is 9.26. The molecule has 0 saturated carbocycles. The largest absolute Gasteiger partial charge is 0.330 e. The van der Waals surface area contributed by atoms with Gasteiger partial charge < -0.3 is 10.1 Å². The molecule has 0 spiro atoms. The number of nitrogens with two attached hydrogens (primary N) is 1. The standard InChI is InChI=1S/C9H10BrN3/c10-9-8-2-1-7(3-4-11)5-13(8)6-12-9/h1-2,5-6H,3-4,11H2. The molecule has 2 heterocycles. The first-order valence-corrected chi connectivity index (χ1v) is 4.91. The molecule has 2 rings (SSSR count). The quantitative estimate of drug-likeness (QED) is 0.866. The van der Waals surface area contributed by atoms with Crippen molar-refractivity contribution >= 4 is 21.4 Å². The first-order chi connectivity index (χ1) is 6.31. The van der Waals surface area contributed by atoms with E-state index in [0.29, 0.717) is 6.54 Å². The smallest absolute Gasteiger partial charge is 0.131 e. The highest BCUT2D eigenvalue weighted by molar-refractivity contribution is 9.10. The van der Waals surface area contributed by atoms with E-state index in [1.807, 2.05) is 10.5 Å². The zero-order valence-electron chi connectivity index (χ0n) is 7.07. The average molecular weight is 240 g/mol. The SMILES string of the molecule is NCCc1ccc2c(Br)ncn2c1. The van der Waals surface area contributed by atoms with Crippen molar-refractivity contribution in [2.24, 2.45) is 5.73 Å². The van der Waals surface area contributed by atoms with Gasteiger partial charge in [0, 0.05) is 6.20 Å².